The van der Waals surface area contributed by atoms with Crippen LogP contribution in [0.5, 0.6) is 11.5 Å². The van der Waals surface area contributed by atoms with Crippen LogP contribution in [0.4, 0.5) is 0 Å². The molecule has 0 saturated carbocycles. The second-order valence-electron chi connectivity index (χ2n) is 4.42. The number of hydrogen-bond donors (Lipinski definition) is 0. The Labute approximate surface area is 119 Å². The van der Waals surface area contributed by atoms with E-state index in [9.17, 15) is 4.79 Å². The second kappa shape index (κ2) is 4.52. The van der Waals surface area contributed by atoms with Crippen LogP contribution in [0.3, 0.4) is 0 Å². The average Bonchev–Trinajstić information content (AvgIpc) is 3.20. The fourth-order valence-corrected chi connectivity index (χ4v) is 2.07. The van der Waals surface area contributed by atoms with Gasteiger partial charge in [-0.2, -0.15) is 0 Å². The third-order valence-corrected chi connectivity index (χ3v) is 3.06. The van der Waals surface area contributed by atoms with Crippen molar-refractivity contribution in [2.45, 2.75) is 0 Å². The molecule has 4 rings (SSSR count). The zero-order valence-electron chi connectivity index (χ0n) is 10.7. The summed E-state index contributed by atoms with van der Waals surface area (Å²) in [6.07, 6.45) is 3.05. The maximum absolute atomic E-state index is 11.8. The number of furan rings is 1. The van der Waals surface area contributed by atoms with E-state index in [-0.39, 0.29) is 18.4 Å². The van der Waals surface area contributed by atoms with E-state index in [2.05, 4.69) is 4.99 Å². The molecular weight excluding hydrogens is 274 g/mol. The monoisotopic (exact) mass is 283 g/mol. The standard InChI is InChI=1S/C15H9NO5/c17-15-11(7-10-2-1-5-18-10)16-14(21-15)9-3-4-12-13(6-9)20-8-19-12/h1-7H,8H2/b11-7+. The largest absolute Gasteiger partial charge is 0.465 e. The van der Waals surface area contributed by atoms with E-state index in [4.69, 9.17) is 18.6 Å². The number of aliphatic imine (C=N–C) groups is 1. The molecule has 0 spiro atoms. The van der Waals surface area contributed by atoms with Gasteiger partial charge in [0.05, 0.1) is 6.26 Å². The van der Waals surface area contributed by atoms with Crippen molar-refractivity contribution in [2.75, 3.05) is 6.79 Å². The van der Waals surface area contributed by atoms with E-state index in [0.717, 1.165) is 0 Å². The Balaban J connectivity index is 1.68. The molecule has 21 heavy (non-hydrogen) atoms. The van der Waals surface area contributed by atoms with Gasteiger partial charge in [-0.25, -0.2) is 9.79 Å². The van der Waals surface area contributed by atoms with E-state index < -0.39 is 5.97 Å². The fourth-order valence-electron chi connectivity index (χ4n) is 2.07. The van der Waals surface area contributed by atoms with Crippen LogP contribution in [0.2, 0.25) is 0 Å². The third-order valence-electron chi connectivity index (χ3n) is 3.06. The fraction of sp³-hybridized carbons (Fsp3) is 0.0667. The SMILES string of the molecule is O=C1OC(c2ccc3c(c2)OCO3)=N/C1=C/c1ccco1. The number of rotatable bonds is 2. The molecule has 0 amide bonds. The molecule has 2 aromatic rings. The van der Waals surface area contributed by atoms with Gasteiger partial charge >= 0.3 is 5.97 Å². The van der Waals surface area contributed by atoms with Gasteiger partial charge in [0.15, 0.2) is 17.2 Å². The first kappa shape index (κ1) is 11.8. The van der Waals surface area contributed by atoms with Crippen LogP contribution in [0.15, 0.2) is 51.7 Å². The second-order valence-corrected chi connectivity index (χ2v) is 4.42. The summed E-state index contributed by atoms with van der Waals surface area (Å²) in [5.41, 5.74) is 0.841. The van der Waals surface area contributed by atoms with Crippen molar-refractivity contribution in [3.8, 4) is 11.5 Å². The number of nitrogens with zero attached hydrogens (tertiary/aromatic N) is 1. The van der Waals surface area contributed by atoms with Crippen molar-refractivity contribution in [3.63, 3.8) is 0 Å². The number of esters is 1. The smallest absolute Gasteiger partial charge is 0.363 e. The van der Waals surface area contributed by atoms with E-state index in [1.165, 1.54) is 12.3 Å². The predicted octanol–water partition coefficient (Wildman–Crippen LogP) is 2.35. The van der Waals surface area contributed by atoms with Crippen molar-refractivity contribution in [2.24, 2.45) is 4.99 Å². The Hall–Kier alpha value is -3.02. The van der Waals surface area contributed by atoms with Gasteiger partial charge in [0.1, 0.15) is 5.76 Å². The summed E-state index contributed by atoms with van der Waals surface area (Å²) in [5, 5.41) is 0. The minimum Gasteiger partial charge on any atom is -0.465 e. The minimum absolute atomic E-state index is 0.189. The Morgan fingerprint density at radius 3 is 2.90 bits per heavy atom. The third kappa shape index (κ3) is 2.06. The number of carbonyl (C=O) groups excluding carboxylic acids is 1. The van der Waals surface area contributed by atoms with Gasteiger partial charge in [-0.3, -0.25) is 0 Å². The number of benzene rings is 1. The summed E-state index contributed by atoms with van der Waals surface area (Å²) in [6.45, 7) is 0.189. The molecule has 6 heteroatoms. The van der Waals surface area contributed by atoms with Crippen LogP contribution in [0, 0.1) is 0 Å². The Morgan fingerprint density at radius 2 is 2.05 bits per heavy atom. The van der Waals surface area contributed by atoms with E-state index >= 15 is 0 Å². The average molecular weight is 283 g/mol. The molecule has 0 N–H and O–H groups in total. The highest BCUT2D eigenvalue weighted by Crippen LogP contribution is 2.33. The van der Waals surface area contributed by atoms with Gasteiger partial charge in [-0.15, -0.1) is 0 Å². The van der Waals surface area contributed by atoms with Crippen LogP contribution in [-0.2, 0) is 9.53 Å². The van der Waals surface area contributed by atoms with Crippen molar-refractivity contribution >= 4 is 17.9 Å². The number of carbonyl (C=O) groups is 1. The van der Waals surface area contributed by atoms with E-state index in [0.29, 0.717) is 22.8 Å². The van der Waals surface area contributed by atoms with Gasteiger partial charge in [0.25, 0.3) is 0 Å². The lowest BCUT2D eigenvalue weighted by molar-refractivity contribution is -0.129. The number of hydrogen-bond acceptors (Lipinski definition) is 6. The lowest BCUT2D eigenvalue weighted by Crippen LogP contribution is -2.05. The molecule has 0 unspecified atom stereocenters. The first-order chi connectivity index (χ1) is 10.3. The Morgan fingerprint density at radius 1 is 1.14 bits per heavy atom. The quantitative estimate of drug-likeness (QED) is 0.625. The molecule has 104 valence electrons. The molecular formula is C15H9NO5. The predicted molar refractivity (Wildman–Crippen MR) is 71.9 cm³/mol. The molecule has 1 aromatic heterocycles. The highest BCUT2D eigenvalue weighted by atomic mass is 16.7. The Bertz CT molecular complexity index is 773. The number of fused-ring (bicyclic) bond motifs is 1. The molecule has 6 nitrogen and oxygen atoms in total. The van der Waals surface area contributed by atoms with Crippen LogP contribution in [0.1, 0.15) is 11.3 Å². The Kier molecular flexibility index (Phi) is 2.53. The summed E-state index contributed by atoms with van der Waals surface area (Å²) in [7, 11) is 0. The minimum atomic E-state index is -0.515. The first-order valence-electron chi connectivity index (χ1n) is 6.26. The summed E-state index contributed by atoms with van der Waals surface area (Å²) < 4.78 is 20.9. The van der Waals surface area contributed by atoms with E-state index in [1.54, 1.807) is 30.3 Å². The van der Waals surface area contributed by atoms with Crippen LogP contribution < -0.4 is 9.47 Å². The summed E-state index contributed by atoms with van der Waals surface area (Å²) in [5.74, 6) is 1.53. The first-order valence-corrected chi connectivity index (χ1v) is 6.26. The topological polar surface area (TPSA) is 70.3 Å². The molecule has 1 aromatic carbocycles. The summed E-state index contributed by atoms with van der Waals surface area (Å²) in [4.78, 5) is 16.0. The number of ether oxygens (including phenoxy) is 3. The lowest BCUT2D eigenvalue weighted by Gasteiger charge is -2.01. The number of cyclic esters (lactones) is 1. The molecule has 3 heterocycles. The highest BCUT2D eigenvalue weighted by Gasteiger charge is 2.26. The maximum Gasteiger partial charge on any atom is 0.363 e. The normalized spacial score (nSPS) is 18.0. The molecule has 2 aliphatic heterocycles. The molecule has 0 saturated heterocycles. The molecule has 0 radical (unpaired) electrons. The molecule has 0 atom stereocenters. The van der Waals surface area contributed by atoms with Gasteiger partial charge in [0, 0.05) is 11.6 Å². The molecule has 0 aliphatic carbocycles. The van der Waals surface area contributed by atoms with E-state index in [1.807, 2.05) is 0 Å². The molecule has 2 aliphatic rings. The van der Waals surface area contributed by atoms with Crippen LogP contribution >= 0.6 is 0 Å². The zero-order valence-corrected chi connectivity index (χ0v) is 10.7. The van der Waals surface area contributed by atoms with Gasteiger partial charge in [-0.05, 0) is 30.3 Å². The molecule has 0 fully saturated rings. The van der Waals surface area contributed by atoms with Crippen molar-refractivity contribution in [3.05, 3.63) is 53.6 Å². The zero-order chi connectivity index (χ0) is 14.2. The summed E-state index contributed by atoms with van der Waals surface area (Å²) >= 11 is 0. The van der Waals surface area contributed by atoms with Crippen LogP contribution in [0.25, 0.3) is 6.08 Å². The molecule has 0 bridgehead atoms. The van der Waals surface area contributed by atoms with Crippen molar-refractivity contribution < 1.29 is 23.4 Å². The van der Waals surface area contributed by atoms with Gasteiger partial charge in [-0.1, -0.05) is 0 Å². The van der Waals surface area contributed by atoms with Gasteiger partial charge < -0.3 is 18.6 Å². The highest BCUT2D eigenvalue weighted by molar-refractivity contribution is 6.12. The summed E-state index contributed by atoms with van der Waals surface area (Å²) in [6, 6.07) is 8.70. The van der Waals surface area contributed by atoms with Gasteiger partial charge in [0.2, 0.25) is 12.7 Å². The van der Waals surface area contributed by atoms with Crippen LogP contribution in [-0.4, -0.2) is 18.7 Å². The van der Waals surface area contributed by atoms with Crippen molar-refractivity contribution in [1.29, 1.82) is 0 Å². The maximum atomic E-state index is 11.8. The van der Waals surface area contributed by atoms with Crippen molar-refractivity contribution in [1.82, 2.24) is 0 Å². The lowest BCUT2D eigenvalue weighted by atomic mass is 10.2.